The van der Waals surface area contributed by atoms with Crippen molar-refractivity contribution in [2.24, 2.45) is 5.92 Å². The molecule has 1 heterocycles. The first-order valence-electron chi connectivity index (χ1n) is 7.58. The largest absolute Gasteiger partial charge is 0.508 e. The van der Waals surface area contributed by atoms with E-state index in [4.69, 9.17) is 4.74 Å². The van der Waals surface area contributed by atoms with Crippen molar-refractivity contribution in [2.45, 2.75) is 31.0 Å². The molecule has 0 bridgehead atoms. The maximum Gasteiger partial charge on any atom is 0.127 e. The lowest BCUT2D eigenvalue weighted by atomic mass is 9.80. The number of ether oxygens (including phenoxy) is 1. The molecule has 2 aromatic carbocycles. The molecule has 4 heteroatoms. The van der Waals surface area contributed by atoms with Crippen LogP contribution in [0.4, 0.5) is 0 Å². The molecule has 2 aliphatic rings. The Labute approximate surface area is 128 Å². The van der Waals surface area contributed by atoms with Crippen LogP contribution < -0.4 is 4.74 Å². The topological polar surface area (TPSA) is 69.9 Å². The second-order valence-electron chi connectivity index (χ2n) is 6.25. The van der Waals surface area contributed by atoms with E-state index >= 15 is 0 Å². The van der Waals surface area contributed by atoms with E-state index in [9.17, 15) is 15.3 Å². The number of aromatic hydroxyl groups is 2. The van der Waals surface area contributed by atoms with E-state index in [0.29, 0.717) is 12.8 Å². The van der Waals surface area contributed by atoms with Crippen molar-refractivity contribution >= 4 is 0 Å². The summed E-state index contributed by atoms with van der Waals surface area (Å²) < 4.78 is 6.17. The molecule has 1 fully saturated rings. The van der Waals surface area contributed by atoms with E-state index in [0.717, 1.165) is 16.9 Å². The van der Waals surface area contributed by atoms with Crippen LogP contribution in [0.3, 0.4) is 0 Å². The maximum atomic E-state index is 10.1. The molecule has 0 saturated heterocycles. The van der Waals surface area contributed by atoms with Gasteiger partial charge in [0.2, 0.25) is 0 Å². The third-order valence-corrected chi connectivity index (χ3v) is 4.84. The van der Waals surface area contributed by atoms with Crippen LogP contribution in [0.5, 0.6) is 17.2 Å². The molecule has 22 heavy (non-hydrogen) atoms. The van der Waals surface area contributed by atoms with Gasteiger partial charge in [-0.3, -0.25) is 0 Å². The van der Waals surface area contributed by atoms with Crippen molar-refractivity contribution < 1.29 is 20.1 Å². The molecule has 4 atom stereocenters. The molecule has 2 aromatic rings. The minimum absolute atomic E-state index is 0.139. The van der Waals surface area contributed by atoms with Crippen LogP contribution >= 0.6 is 0 Å². The van der Waals surface area contributed by atoms with Gasteiger partial charge < -0.3 is 20.1 Å². The first kappa shape index (κ1) is 13.5. The lowest BCUT2D eigenvalue weighted by Crippen LogP contribution is -2.26. The summed E-state index contributed by atoms with van der Waals surface area (Å²) in [5.74, 6) is 1.59. The van der Waals surface area contributed by atoms with Crippen LogP contribution in [-0.4, -0.2) is 21.4 Å². The highest BCUT2D eigenvalue weighted by molar-refractivity contribution is 5.46. The monoisotopic (exact) mass is 298 g/mol. The molecule has 0 aromatic heterocycles. The van der Waals surface area contributed by atoms with Crippen molar-refractivity contribution in [3.63, 3.8) is 0 Å². The highest BCUT2D eigenvalue weighted by Crippen LogP contribution is 2.54. The highest BCUT2D eigenvalue weighted by atomic mass is 16.5. The van der Waals surface area contributed by atoms with E-state index in [-0.39, 0.29) is 35.5 Å². The third kappa shape index (κ3) is 2.11. The number of aliphatic hydroxyl groups excluding tert-OH is 1. The van der Waals surface area contributed by atoms with E-state index in [1.54, 1.807) is 30.3 Å². The molecule has 114 valence electrons. The lowest BCUT2D eigenvalue weighted by Gasteiger charge is -2.36. The molecule has 1 aliphatic carbocycles. The Morgan fingerprint density at radius 2 is 1.64 bits per heavy atom. The predicted molar refractivity (Wildman–Crippen MR) is 81.1 cm³/mol. The van der Waals surface area contributed by atoms with Crippen LogP contribution in [0.25, 0.3) is 0 Å². The Morgan fingerprint density at radius 1 is 0.909 bits per heavy atom. The number of aliphatic hydroxyl groups is 1. The minimum atomic E-state index is -0.341. The summed E-state index contributed by atoms with van der Waals surface area (Å²) in [6.07, 6.45) is 0.899. The van der Waals surface area contributed by atoms with Gasteiger partial charge in [-0.15, -0.1) is 0 Å². The molecule has 0 radical (unpaired) electrons. The van der Waals surface area contributed by atoms with Crippen molar-refractivity contribution in [1.29, 1.82) is 0 Å². The number of phenolic OH excluding ortho intramolecular Hbond substituents is 2. The number of phenols is 2. The fraction of sp³-hybridized carbons (Fsp3) is 0.333. The summed E-state index contributed by atoms with van der Waals surface area (Å²) in [6.45, 7) is 0. The zero-order valence-electron chi connectivity index (χ0n) is 12.0. The van der Waals surface area contributed by atoms with Crippen LogP contribution in [0.2, 0.25) is 0 Å². The molecule has 4 unspecified atom stereocenters. The molecule has 3 N–H and O–H groups in total. The Hall–Kier alpha value is -2.20. The standard InChI is InChI=1S/C18H18O4/c19-11-3-1-10(2-4-11)18-16-9-13(21)8-14(16)15-7-12(20)5-6-17(15)22-18/h1-7,13-14,16,18-21H,8-9H2. The van der Waals surface area contributed by atoms with Crippen molar-refractivity contribution in [2.75, 3.05) is 0 Å². The quantitative estimate of drug-likeness (QED) is 0.756. The minimum Gasteiger partial charge on any atom is -0.508 e. The van der Waals surface area contributed by atoms with Gasteiger partial charge >= 0.3 is 0 Å². The van der Waals surface area contributed by atoms with Crippen molar-refractivity contribution in [3.8, 4) is 17.2 Å². The Bertz CT molecular complexity index is 695. The van der Waals surface area contributed by atoms with Gasteiger partial charge in [0.25, 0.3) is 0 Å². The summed E-state index contributed by atoms with van der Waals surface area (Å²) in [4.78, 5) is 0. The van der Waals surface area contributed by atoms with Gasteiger partial charge in [0.15, 0.2) is 0 Å². The molecule has 4 nitrogen and oxygen atoms in total. The first-order chi connectivity index (χ1) is 10.6. The van der Waals surface area contributed by atoms with Crippen molar-refractivity contribution in [1.82, 2.24) is 0 Å². The van der Waals surface area contributed by atoms with Crippen LogP contribution in [0, 0.1) is 5.92 Å². The summed E-state index contributed by atoms with van der Waals surface area (Å²) >= 11 is 0. The van der Waals surface area contributed by atoms with Crippen LogP contribution in [-0.2, 0) is 0 Å². The summed E-state index contributed by atoms with van der Waals surface area (Å²) in [5, 5.41) is 29.3. The van der Waals surface area contributed by atoms with Gasteiger partial charge in [0, 0.05) is 11.5 Å². The number of hydrogen-bond donors (Lipinski definition) is 3. The zero-order chi connectivity index (χ0) is 15.3. The van der Waals surface area contributed by atoms with E-state index in [1.807, 2.05) is 12.1 Å². The lowest BCUT2D eigenvalue weighted by molar-refractivity contribution is 0.0960. The Morgan fingerprint density at radius 3 is 2.41 bits per heavy atom. The fourth-order valence-corrected chi connectivity index (χ4v) is 3.87. The SMILES string of the molecule is Oc1ccc(C2Oc3ccc(O)cc3C3CC(O)CC32)cc1. The van der Waals surface area contributed by atoms with Gasteiger partial charge in [-0.25, -0.2) is 0 Å². The van der Waals surface area contributed by atoms with Gasteiger partial charge in [-0.2, -0.15) is 0 Å². The molecule has 0 amide bonds. The molecule has 1 saturated carbocycles. The Balaban J connectivity index is 1.78. The summed E-state index contributed by atoms with van der Waals surface area (Å²) in [5.41, 5.74) is 1.98. The summed E-state index contributed by atoms with van der Waals surface area (Å²) in [6, 6.07) is 12.2. The average Bonchev–Trinajstić information content (AvgIpc) is 2.89. The average molecular weight is 298 g/mol. The first-order valence-corrected chi connectivity index (χ1v) is 7.58. The third-order valence-electron chi connectivity index (χ3n) is 4.84. The second-order valence-corrected chi connectivity index (χ2v) is 6.25. The number of benzene rings is 2. The number of rotatable bonds is 1. The van der Waals surface area contributed by atoms with E-state index < -0.39 is 0 Å². The smallest absolute Gasteiger partial charge is 0.127 e. The fourth-order valence-electron chi connectivity index (χ4n) is 3.87. The normalized spacial score (nSPS) is 29.5. The van der Waals surface area contributed by atoms with Gasteiger partial charge in [0.05, 0.1) is 6.10 Å². The van der Waals surface area contributed by atoms with Gasteiger partial charge in [-0.1, -0.05) is 12.1 Å². The van der Waals surface area contributed by atoms with Gasteiger partial charge in [-0.05, 0) is 54.7 Å². The van der Waals surface area contributed by atoms with Gasteiger partial charge in [0.1, 0.15) is 23.4 Å². The Kier molecular flexibility index (Phi) is 3.01. The molecular formula is C18H18O4. The molecule has 4 rings (SSSR count). The number of fused-ring (bicyclic) bond motifs is 3. The van der Waals surface area contributed by atoms with E-state index in [2.05, 4.69) is 0 Å². The van der Waals surface area contributed by atoms with Crippen LogP contribution in [0.1, 0.15) is 36.0 Å². The maximum absolute atomic E-state index is 10.1. The summed E-state index contributed by atoms with van der Waals surface area (Å²) in [7, 11) is 0. The molecule has 1 aliphatic heterocycles. The van der Waals surface area contributed by atoms with Crippen molar-refractivity contribution in [3.05, 3.63) is 53.6 Å². The highest BCUT2D eigenvalue weighted by Gasteiger charge is 2.45. The van der Waals surface area contributed by atoms with Crippen LogP contribution in [0.15, 0.2) is 42.5 Å². The zero-order valence-corrected chi connectivity index (χ0v) is 12.0. The molecule has 0 spiro atoms. The second kappa shape index (κ2) is 4.92. The van der Waals surface area contributed by atoms with E-state index in [1.165, 1.54) is 0 Å². The molecular weight excluding hydrogens is 280 g/mol. The number of hydrogen-bond acceptors (Lipinski definition) is 4. The predicted octanol–water partition coefficient (Wildman–Crippen LogP) is 3.09.